The first kappa shape index (κ1) is 20.8. The molecule has 0 radical (unpaired) electrons. The fourth-order valence-corrected chi connectivity index (χ4v) is 2.52. The molecule has 0 heterocycles. The predicted molar refractivity (Wildman–Crippen MR) is 107 cm³/mol. The van der Waals surface area contributed by atoms with Gasteiger partial charge in [-0.25, -0.2) is 0 Å². The second-order valence-corrected chi connectivity index (χ2v) is 6.11. The Morgan fingerprint density at radius 3 is 2.64 bits per heavy atom. The standard InChI is InChI=1S/C21H18ClN3O3/c1-3-27-20-11-15(5-7-19(20)28-9-8-23)10-16(13-24)21(26)25-18-12-17(22)6-4-14(18)2/h4-7,10-12H,3,9H2,1-2H3,(H,25,26)/b16-10+. The number of hydrogen-bond acceptors (Lipinski definition) is 5. The summed E-state index contributed by atoms with van der Waals surface area (Å²) in [6, 6.07) is 13.9. The maximum absolute atomic E-state index is 12.5. The number of hydrogen-bond donors (Lipinski definition) is 1. The minimum Gasteiger partial charge on any atom is -0.490 e. The van der Waals surface area contributed by atoms with E-state index in [1.165, 1.54) is 6.08 Å². The van der Waals surface area contributed by atoms with Gasteiger partial charge in [0.2, 0.25) is 0 Å². The number of carbonyl (C=O) groups is 1. The summed E-state index contributed by atoms with van der Waals surface area (Å²) in [6.45, 7) is 3.93. The molecule has 0 fully saturated rings. The van der Waals surface area contributed by atoms with Crippen LogP contribution in [0, 0.1) is 29.6 Å². The van der Waals surface area contributed by atoms with Gasteiger partial charge in [0.25, 0.3) is 5.91 Å². The van der Waals surface area contributed by atoms with Crippen molar-refractivity contribution < 1.29 is 14.3 Å². The lowest BCUT2D eigenvalue weighted by Gasteiger charge is -2.11. The molecule has 0 aliphatic heterocycles. The third kappa shape index (κ3) is 5.51. The number of nitrogens with zero attached hydrogens (tertiary/aromatic N) is 2. The summed E-state index contributed by atoms with van der Waals surface area (Å²) in [5.41, 5.74) is 1.87. The monoisotopic (exact) mass is 395 g/mol. The Hall–Kier alpha value is -3.48. The first-order chi connectivity index (χ1) is 13.5. The molecule has 0 aliphatic rings. The Bertz CT molecular complexity index is 987. The number of aryl methyl sites for hydroxylation is 1. The van der Waals surface area contributed by atoms with Crippen molar-refractivity contribution >= 4 is 29.3 Å². The highest BCUT2D eigenvalue weighted by Crippen LogP contribution is 2.29. The zero-order valence-electron chi connectivity index (χ0n) is 15.5. The van der Waals surface area contributed by atoms with Crippen LogP contribution in [-0.4, -0.2) is 19.1 Å². The molecule has 1 amide bonds. The van der Waals surface area contributed by atoms with Gasteiger partial charge in [-0.2, -0.15) is 10.5 Å². The summed E-state index contributed by atoms with van der Waals surface area (Å²) in [5, 5.41) is 21.2. The van der Waals surface area contributed by atoms with E-state index in [9.17, 15) is 10.1 Å². The quantitative estimate of drug-likeness (QED) is 0.550. The Morgan fingerprint density at radius 1 is 1.18 bits per heavy atom. The normalized spacial score (nSPS) is 10.5. The summed E-state index contributed by atoms with van der Waals surface area (Å²) >= 11 is 5.96. The molecule has 0 aromatic heterocycles. The van der Waals surface area contributed by atoms with E-state index in [1.807, 2.05) is 26.0 Å². The molecule has 0 unspecified atom stereocenters. The average Bonchev–Trinajstić information content (AvgIpc) is 2.68. The van der Waals surface area contributed by atoms with E-state index < -0.39 is 5.91 Å². The van der Waals surface area contributed by atoms with Crippen LogP contribution in [0.15, 0.2) is 42.0 Å². The molecule has 142 valence electrons. The second kappa shape index (κ2) is 10.0. The van der Waals surface area contributed by atoms with Crippen LogP contribution in [0.5, 0.6) is 11.5 Å². The largest absolute Gasteiger partial charge is 0.490 e. The van der Waals surface area contributed by atoms with Gasteiger partial charge in [-0.15, -0.1) is 0 Å². The lowest BCUT2D eigenvalue weighted by molar-refractivity contribution is -0.112. The Balaban J connectivity index is 2.29. The topological polar surface area (TPSA) is 95.1 Å². The van der Waals surface area contributed by atoms with Gasteiger partial charge < -0.3 is 14.8 Å². The van der Waals surface area contributed by atoms with Crippen LogP contribution in [0.3, 0.4) is 0 Å². The first-order valence-corrected chi connectivity index (χ1v) is 8.82. The SMILES string of the molecule is CCOc1cc(/C=C(\C#N)C(=O)Nc2cc(Cl)ccc2C)ccc1OCC#N. The predicted octanol–water partition coefficient (Wildman–Crippen LogP) is 4.50. The van der Waals surface area contributed by atoms with E-state index in [0.717, 1.165) is 5.56 Å². The summed E-state index contributed by atoms with van der Waals surface area (Å²) in [6.07, 6.45) is 1.45. The Kier molecular flexibility index (Phi) is 7.45. The second-order valence-electron chi connectivity index (χ2n) is 5.67. The number of rotatable bonds is 7. The number of nitriles is 2. The van der Waals surface area contributed by atoms with Crippen LogP contribution in [0.1, 0.15) is 18.1 Å². The van der Waals surface area contributed by atoms with E-state index in [4.69, 9.17) is 26.3 Å². The molecule has 0 saturated heterocycles. The molecule has 7 heteroatoms. The van der Waals surface area contributed by atoms with Crippen molar-refractivity contribution in [3.63, 3.8) is 0 Å². The highest BCUT2D eigenvalue weighted by molar-refractivity contribution is 6.31. The van der Waals surface area contributed by atoms with Gasteiger partial charge in [0.15, 0.2) is 18.1 Å². The molecular formula is C21H18ClN3O3. The van der Waals surface area contributed by atoms with E-state index in [2.05, 4.69) is 5.32 Å². The van der Waals surface area contributed by atoms with Crippen molar-refractivity contribution in [3.05, 3.63) is 58.1 Å². The van der Waals surface area contributed by atoms with E-state index in [1.54, 1.807) is 36.4 Å². The van der Waals surface area contributed by atoms with Gasteiger partial charge in [0, 0.05) is 10.7 Å². The number of anilines is 1. The van der Waals surface area contributed by atoms with E-state index in [0.29, 0.717) is 34.4 Å². The number of halogens is 1. The van der Waals surface area contributed by atoms with Crippen LogP contribution in [0.2, 0.25) is 5.02 Å². The van der Waals surface area contributed by atoms with E-state index >= 15 is 0 Å². The Morgan fingerprint density at radius 2 is 1.96 bits per heavy atom. The maximum Gasteiger partial charge on any atom is 0.266 e. The summed E-state index contributed by atoms with van der Waals surface area (Å²) in [7, 11) is 0. The maximum atomic E-state index is 12.5. The van der Waals surface area contributed by atoms with Crippen molar-refractivity contribution in [2.75, 3.05) is 18.5 Å². The zero-order chi connectivity index (χ0) is 20.5. The van der Waals surface area contributed by atoms with Crippen LogP contribution >= 0.6 is 11.6 Å². The number of amides is 1. The summed E-state index contributed by atoms with van der Waals surface area (Å²) in [4.78, 5) is 12.5. The molecule has 6 nitrogen and oxygen atoms in total. The molecule has 28 heavy (non-hydrogen) atoms. The van der Waals surface area contributed by atoms with Gasteiger partial charge in [-0.05, 0) is 55.3 Å². The van der Waals surface area contributed by atoms with Crippen LogP contribution < -0.4 is 14.8 Å². The fourth-order valence-electron chi connectivity index (χ4n) is 2.35. The third-order valence-electron chi connectivity index (χ3n) is 3.68. The summed E-state index contributed by atoms with van der Waals surface area (Å²) < 4.78 is 10.8. The van der Waals surface area contributed by atoms with Crippen LogP contribution in [0.25, 0.3) is 6.08 Å². The highest BCUT2D eigenvalue weighted by atomic mass is 35.5. The van der Waals surface area contributed by atoms with Crippen molar-refractivity contribution in [2.45, 2.75) is 13.8 Å². The number of nitrogens with one attached hydrogen (secondary N) is 1. The molecular weight excluding hydrogens is 378 g/mol. The van der Waals surface area contributed by atoms with Gasteiger partial charge in [0.1, 0.15) is 17.7 Å². The molecule has 0 aliphatic carbocycles. The number of benzene rings is 2. The summed E-state index contributed by atoms with van der Waals surface area (Å²) in [5.74, 6) is 0.295. The minimum atomic E-state index is -0.546. The van der Waals surface area contributed by atoms with Gasteiger partial charge in [-0.1, -0.05) is 23.7 Å². The molecule has 0 saturated carbocycles. The van der Waals surface area contributed by atoms with Crippen molar-refractivity contribution in [3.8, 4) is 23.6 Å². The minimum absolute atomic E-state index is 0.0764. The third-order valence-corrected chi connectivity index (χ3v) is 3.92. The van der Waals surface area contributed by atoms with Gasteiger partial charge in [0.05, 0.1) is 6.61 Å². The first-order valence-electron chi connectivity index (χ1n) is 8.44. The molecule has 2 aromatic carbocycles. The lowest BCUT2D eigenvalue weighted by atomic mass is 10.1. The molecule has 0 spiro atoms. The van der Waals surface area contributed by atoms with Crippen molar-refractivity contribution in [1.29, 1.82) is 10.5 Å². The number of carbonyl (C=O) groups excluding carboxylic acids is 1. The van der Waals surface area contributed by atoms with Crippen LogP contribution in [0.4, 0.5) is 5.69 Å². The molecule has 2 aromatic rings. The molecule has 1 N–H and O–H groups in total. The molecule has 0 bridgehead atoms. The number of ether oxygens (including phenoxy) is 2. The lowest BCUT2D eigenvalue weighted by Crippen LogP contribution is -2.14. The average molecular weight is 396 g/mol. The van der Waals surface area contributed by atoms with Gasteiger partial charge >= 0.3 is 0 Å². The van der Waals surface area contributed by atoms with Crippen LogP contribution in [-0.2, 0) is 4.79 Å². The fraction of sp³-hybridized carbons (Fsp3) is 0.190. The Labute approximate surface area is 168 Å². The molecule has 0 atom stereocenters. The smallest absolute Gasteiger partial charge is 0.266 e. The zero-order valence-corrected chi connectivity index (χ0v) is 16.2. The highest BCUT2D eigenvalue weighted by Gasteiger charge is 2.13. The van der Waals surface area contributed by atoms with Crippen molar-refractivity contribution in [2.24, 2.45) is 0 Å². The molecule has 2 rings (SSSR count). The van der Waals surface area contributed by atoms with E-state index in [-0.39, 0.29) is 12.2 Å². The van der Waals surface area contributed by atoms with Crippen molar-refractivity contribution in [1.82, 2.24) is 0 Å². The van der Waals surface area contributed by atoms with Gasteiger partial charge in [-0.3, -0.25) is 4.79 Å².